The highest BCUT2D eigenvalue weighted by molar-refractivity contribution is 5.70. The molecule has 0 unspecified atom stereocenters. The first-order chi connectivity index (χ1) is 10.2. The molecule has 4 aliphatic carbocycles. The van der Waals surface area contributed by atoms with Crippen LogP contribution in [0.5, 0.6) is 0 Å². The maximum atomic E-state index is 2.33. The summed E-state index contributed by atoms with van der Waals surface area (Å²) in [5.74, 6) is 8.22. The molecule has 4 rings (SSSR count). The first-order valence-corrected chi connectivity index (χ1v) is 7.48. The topological polar surface area (TPSA) is 0 Å². The SMILES string of the molecule is CC(C)([C]1[CH][CH][C]2C=CC=C[C]21)[C]1[CH][CH][C]2C=CC=C[C]21. The van der Waals surface area contributed by atoms with Crippen molar-refractivity contribution in [1.82, 2.24) is 0 Å². The molecule has 2 fully saturated rings. The quantitative estimate of drug-likeness (QED) is 0.690. The Morgan fingerprint density at radius 1 is 0.571 bits per heavy atom. The number of allylic oxidation sites excluding steroid dienone is 8. The van der Waals surface area contributed by atoms with E-state index >= 15 is 0 Å². The molecule has 2 saturated carbocycles. The molecule has 10 radical (unpaired) electrons. The largest absolute Gasteiger partial charge is 0.0762 e. The Labute approximate surface area is 129 Å². The van der Waals surface area contributed by atoms with Crippen LogP contribution in [0, 0.1) is 66.6 Å². The third-order valence-electron chi connectivity index (χ3n) is 4.71. The molecule has 21 heavy (non-hydrogen) atoms. The number of fused-ring (bicyclic) bond motifs is 2. The fourth-order valence-corrected chi connectivity index (χ4v) is 3.54. The van der Waals surface area contributed by atoms with E-state index in [-0.39, 0.29) is 5.41 Å². The average molecular weight is 270 g/mol. The monoisotopic (exact) mass is 270 g/mol. The maximum absolute atomic E-state index is 2.33. The fraction of sp³-hybridized carbons (Fsp3) is 0.143. The molecule has 4 aliphatic rings. The van der Waals surface area contributed by atoms with Crippen LogP contribution >= 0.6 is 0 Å². The van der Waals surface area contributed by atoms with Crippen molar-refractivity contribution in [3.8, 4) is 0 Å². The third kappa shape index (κ3) is 2.10. The summed E-state index contributed by atoms with van der Waals surface area (Å²) in [6.45, 7) is 4.66. The molecule has 0 aromatic heterocycles. The van der Waals surface area contributed by atoms with E-state index in [1.807, 2.05) is 0 Å². The highest BCUT2D eigenvalue weighted by Crippen LogP contribution is 2.61. The third-order valence-corrected chi connectivity index (χ3v) is 4.71. The summed E-state index contributed by atoms with van der Waals surface area (Å²) in [5.41, 5.74) is 0.00616. The van der Waals surface area contributed by atoms with Crippen molar-refractivity contribution in [2.24, 2.45) is 5.41 Å². The van der Waals surface area contributed by atoms with E-state index in [4.69, 9.17) is 0 Å². The summed E-state index contributed by atoms with van der Waals surface area (Å²) in [4.78, 5) is 0. The highest BCUT2D eigenvalue weighted by atomic mass is 14.5. The zero-order valence-electron chi connectivity index (χ0n) is 12.4. The van der Waals surface area contributed by atoms with Crippen molar-refractivity contribution >= 4 is 0 Å². The second-order valence-corrected chi connectivity index (χ2v) is 6.29. The number of hydrogen-bond donors (Lipinski definition) is 0. The second-order valence-electron chi connectivity index (χ2n) is 6.29. The number of rotatable bonds is 2. The lowest BCUT2D eigenvalue weighted by Gasteiger charge is -2.42. The van der Waals surface area contributed by atoms with Crippen LogP contribution in [0.1, 0.15) is 13.8 Å². The van der Waals surface area contributed by atoms with Crippen LogP contribution in [0.4, 0.5) is 0 Å². The first-order valence-electron chi connectivity index (χ1n) is 7.48. The predicted molar refractivity (Wildman–Crippen MR) is 87.0 cm³/mol. The number of hydrogen-bond acceptors (Lipinski definition) is 0. The molecular formula is C21H18. The maximum Gasteiger partial charge on any atom is 0.0164 e. The Hall–Kier alpha value is -1.04. The Morgan fingerprint density at radius 3 is 1.48 bits per heavy atom. The van der Waals surface area contributed by atoms with Crippen molar-refractivity contribution < 1.29 is 0 Å². The molecule has 0 nitrogen and oxygen atoms in total. The Kier molecular flexibility index (Phi) is 3.24. The lowest BCUT2D eigenvalue weighted by molar-refractivity contribution is 0.439. The van der Waals surface area contributed by atoms with Gasteiger partial charge in [-0.15, -0.1) is 0 Å². The molecule has 0 N–H and O–H groups in total. The van der Waals surface area contributed by atoms with Gasteiger partial charge >= 0.3 is 0 Å². The molecule has 0 aromatic rings. The van der Waals surface area contributed by atoms with Gasteiger partial charge in [0.15, 0.2) is 0 Å². The summed E-state index contributed by atoms with van der Waals surface area (Å²) < 4.78 is 0. The molecule has 102 valence electrons. The van der Waals surface area contributed by atoms with E-state index in [1.54, 1.807) is 0 Å². The Morgan fingerprint density at radius 2 is 1.00 bits per heavy atom. The molecule has 0 saturated heterocycles. The second kappa shape index (κ2) is 5.00. The van der Waals surface area contributed by atoms with E-state index in [0.29, 0.717) is 0 Å². The van der Waals surface area contributed by atoms with Gasteiger partial charge in [-0.1, -0.05) is 62.5 Å². The minimum absolute atomic E-state index is 0.00616. The zero-order chi connectivity index (χ0) is 14.4. The zero-order valence-corrected chi connectivity index (χ0v) is 12.4. The van der Waals surface area contributed by atoms with Crippen LogP contribution in [-0.2, 0) is 0 Å². The van der Waals surface area contributed by atoms with Crippen molar-refractivity contribution in [3.63, 3.8) is 0 Å². The summed E-state index contributed by atoms with van der Waals surface area (Å²) in [6, 6.07) is 0. The van der Waals surface area contributed by atoms with Crippen molar-refractivity contribution in [1.29, 1.82) is 0 Å². The van der Waals surface area contributed by atoms with Crippen LogP contribution < -0.4 is 0 Å². The van der Waals surface area contributed by atoms with E-state index in [9.17, 15) is 0 Å². The summed E-state index contributed by atoms with van der Waals surface area (Å²) in [5, 5.41) is 0. The first kappa shape index (κ1) is 13.6. The van der Waals surface area contributed by atoms with E-state index in [0.717, 1.165) is 0 Å². The van der Waals surface area contributed by atoms with Crippen LogP contribution in [-0.4, -0.2) is 0 Å². The normalized spacial score (nSPS) is 28.7. The van der Waals surface area contributed by atoms with Crippen LogP contribution in [0.3, 0.4) is 0 Å². The van der Waals surface area contributed by atoms with Gasteiger partial charge in [0.05, 0.1) is 0 Å². The van der Waals surface area contributed by atoms with Crippen LogP contribution in [0.2, 0.25) is 0 Å². The van der Waals surface area contributed by atoms with Crippen molar-refractivity contribution in [2.45, 2.75) is 13.8 Å². The fourth-order valence-electron chi connectivity index (χ4n) is 3.54. The van der Waals surface area contributed by atoms with Gasteiger partial charge in [-0.3, -0.25) is 0 Å². The van der Waals surface area contributed by atoms with Crippen molar-refractivity contribution in [2.75, 3.05) is 0 Å². The van der Waals surface area contributed by atoms with Gasteiger partial charge in [-0.05, 0) is 42.9 Å². The minimum Gasteiger partial charge on any atom is -0.0762 e. The van der Waals surface area contributed by atoms with E-state index in [2.05, 4.69) is 88.1 Å². The van der Waals surface area contributed by atoms with E-state index < -0.39 is 0 Å². The standard InChI is InChI=1S/C21H18/c1-21(2,19-13-11-15-7-3-5-9-17(15)19)20-14-12-16-8-4-6-10-18(16)20/h3-14H,1-2H3. The van der Waals surface area contributed by atoms with Crippen LogP contribution in [0.25, 0.3) is 0 Å². The van der Waals surface area contributed by atoms with Gasteiger partial charge in [0.2, 0.25) is 0 Å². The molecule has 0 bridgehead atoms. The molecular weight excluding hydrogens is 252 g/mol. The molecule has 0 aromatic carbocycles. The van der Waals surface area contributed by atoms with Gasteiger partial charge in [0.1, 0.15) is 0 Å². The molecule has 0 spiro atoms. The molecule has 0 heteroatoms. The highest BCUT2D eigenvalue weighted by Gasteiger charge is 2.52. The van der Waals surface area contributed by atoms with Gasteiger partial charge in [-0.25, -0.2) is 0 Å². The molecule has 0 heterocycles. The predicted octanol–water partition coefficient (Wildman–Crippen LogP) is 4.56. The summed E-state index contributed by atoms with van der Waals surface area (Å²) in [6.07, 6.45) is 26.4. The van der Waals surface area contributed by atoms with Gasteiger partial charge in [0.25, 0.3) is 0 Å². The Balaban J connectivity index is 1.59. The summed E-state index contributed by atoms with van der Waals surface area (Å²) >= 11 is 0. The van der Waals surface area contributed by atoms with Gasteiger partial charge in [0, 0.05) is 23.7 Å². The lowest BCUT2D eigenvalue weighted by Crippen LogP contribution is -2.33. The van der Waals surface area contributed by atoms with Gasteiger partial charge in [-0.2, -0.15) is 0 Å². The molecule has 0 aliphatic heterocycles. The lowest BCUT2D eigenvalue weighted by atomic mass is 9.61. The Bertz CT molecular complexity index is 470. The summed E-state index contributed by atoms with van der Waals surface area (Å²) in [7, 11) is 0. The van der Waals surface area contributed by atoms with Crippen molar-refractivity contribution in [3.05, 3.63) is 110 Å². The average Bonchev–Trinajstić information content (AvgIpc) is 3.12. The van der Waals surface area contributed by atoms with Crippen LogP contribution in [0.15, 0.2) is 48.6 Å². The van der Waals surface area contributed by atoms with E-state index in [1.165, 1.54) is 35.5 Å². The smallest absolute Gasteiger partial charge is 0.0164 e. The van der Waals surface area contributed by atoms with Gasteiger partial charge < -0.3 is 0 Å². The molecule has 0 atom stereocenters. The molecule has 0 amide bonds. The minimum atomic E-state index is 0.00616.